The van der Waals surface area contributed by atoms with Crippen LogP contribution < -0.4 is 10.5 Å². The van der Waals surface area contributed by atoms with Gasteiger partial charge >= 0.3 is 6.36 Å². The molecule has 0 bridgehead atoms. The minimum Gasteiger partial charge on any atom is -0.406 e. The molecule has 112 valence electrons. The smallest absolute Gasteiger partial charge is 0.406 e. The maximum Gasteiger partial charge on any atom is 0.573 e. The number of hydrogen-bond donors (Lipinski definition) is 1. The molecule has 20 heavy (non-hydrogen) atoms. The number of alkyl halides is 3. The van der Waals surface area contributed by atoms with E-state index < -0.39 is 6.36 Å². The Bertz CT molecular complexity index is 429. The topological polar surface area (TPSA) is 44.5 Å². The van der Waals surface area contributed by atoms with Crippen molar-refractivity contribution in [3.63, 3.8) is 0 Å². The molecule has 6 heteroatoms. The van der Waals surface area contributed by atoms with Crippen LogP contribution >= 0.6 is 0 Å². The van der Waals surface area contributed by atoms with Gasteiger partial charge in [-0.25, -0.2) is 0 Å². The molecule has 1 fully saturated rings. The van der Waals surface area contributed by atoms with Gasteiger partial charge in [0.2, 0.25) is 0 Å². The van der Waals surface area contributed by atoms with Gasteiger partial charge in [0.1, 0.15) is 5.75 Å². The highest BCUT2D eigenvalue weighted by Gasteiger charge is 2.35. The highest BCUT2D eigenvalue weighted by atomic mass is 19.4. The van der Waals surface area contributed by atoms with E-state index >= 15 is 0 Å². The Balaban J connectivity index is 1.92. The number of rotatable bonds is 6. The van der Waals surface area contributed by atoms with E-state index in [9.17, 15) is 13.2 Å². The van der Waals surface area contributed by atoms with Crippen molar-refractivity contribution in [3.05, 3.63) is 29.8 Å². The Morgan fingerprint density at radius 1 is 1.25 bits per heavy atom. The second-order valence-corrected chi connectivity index (χ2v) is 5.10. The molecule has 1 saturated carbocycles. The molecule has 0 aliphatic heterocycles. The normalized spacial score (nSPS) is 18.6. The van der Waals surface area contributed by atoms with E-state index in [2.05, 4.69) is 4.74 Å². The molecular formula is C14H18F3NO2. The van der Waals surface area contributed by atoms with Gasteiger partial charge in [0, 0.05) is 13.2 Å². The third-order valence-corrected chi connectivity index (χ3v) is 3.41. The average Bonchev–Trinajstić information content (AvgIpc) is 3.15. The van der Waals surface area contributed by atoms with Crippen LogP contribution in [0, 0.1) is 5.92 Å². The second kappa shape index (κ2) is 6.01. The van der Waals surface area contributed by atoms with Gasteiger partial charge in [-0.3, -0.25) is 0 Å². The number of halogens is 3. The van der Waals surface area contributed by atoms with Crippen molar-refractivity contribution in [2.45, 2.75) is 37.8 Å². The van der Waals surface area contributed by atoms with Gasteiger partial charge < -0.3 is 15.2 Å². The van der Waals surface area contributed by atoms with Gasteiger partial charge in [-0.1, -0.05) is 12.1 Å². The van der Waals surface area contributed by atoms with Gasteiger partial charge in [-0.15, -0.1) is 13.2 Å². The summed E-state index contributed by atoms with van der Waals surface area (Å²) in [5.74, 6) is 0.295. The van der Waals surface area contributed by atoms with Crippen LogP contribution in [0.3, 0.4) is 0 Å². The Hall–Kier alpha value is -1.27. The molecule has 3 nitrogen and oxygen atoms in total. The Morgan fingerprint density at radius 3 is 2.30 bits per heavy atom. The van der Waals surface area contributed by atoms with Crippen molar-refractivity contribution in [2.75, 3.05) is 7.11 Å². The molecule has 2 unspecified atom stereocenters. The summed E-state index contributed by atoms with van der Waals surface area (Å²) in [5, 5.41) is 0. The minimum atomic E-state index is -4.66. The van der Waals surface area contributed by atoms with Gasteiger partial charge in [0.05, 0.1) is 6.10 Å². The molecule has 1 aromatic carbocycles. The van der Waals surface area contributed by atoms with Crippen LogP contribution in [0.2, 0.25) is 0 Å². The molecule has 0 aromatic heterocycles. The summed E-state index contributed by atoms with van der Waals surface area (Å²) in [5.41, 5.74) is 6.98. The van der Waals surface area contributed by atoms with Crippen LogP contribution in [0.15, 0.2) is 24.3 Å². The zero-order valence-electron chi connectivity index (χ0n) is 11.2. The van der Waals surface area contributed by atoms with Crippen molar-refractivity contribution in [1.82, 2.24) is 0 Å². The number of hydrogen-bond acceptors (Lipinski definition) is 3. The van der Waals surface area contributed by atoms with E-state index in [0.717, 1.165) is 18.4 Å². The lowest BCUT2D eigenvalue weighted by molar-refractivity contribution is -0.274. The molecule has 2 rings (SSSR count). The lowest BCUT2D eigenvalue weighted by Crippen LogP contribution is -2.39. The van der Waals surface area contributed by atoms with Crippen LogP contribution in [0.1, 0.15) is 18.4 Å². The molecule has 0 spiro atoms. The fourth-order valence-electron chi connectivity index (χ4n) is 2.36. The summed E-state index contributed by atoms with van der Waals surface area (Å²) in [7, 11) is 1.64. The zero-order valence-corrected chi connectivity index (χ0v) is 11.2. The fraction of sp³-hybridized carbons (Fsp3) is 0.571. The largest absolute Gasteiger partial charge is 0.573 e. The fourth-order valence-corrected chi connectivity index (χ4v) is 2.36. The van der Waals surface area contributed by atoms with E-state index in [4.69, 9.17) is 10.5 Å². The molecule has 2 N–H and O–H groups in total. The van der Waals surface area contributed by atoms with E-state index in [1.54, 1.807) is 19.2 Å². The first-order chi connectivity index (χ1) is 9.39. The van der Waals surface area contributed by atoms with Gasteiger partial charge in [-0.05, 0) is 42.9 Å². The van der Waals surface area contributed by atoms with Crippen molar-refractivity contribution >= 4 is 0 Å². The first kappa shape index (κ1) is 15.1. The molecule has 1 aromatic rings. The minimum absolute atomic E-state index is 0.0149. The highest BCUT2D eigenvalue weighted by Crippen LogP contribution is 2.35. The van der Waals surface area contributed by atoms with Crippen LogP contribution in [0.25, 0.3) is 0 Å². The molecule has 0 radical (unpaired) electrons. The van der Waals surface area contributed by atoms with Crippen molar-refractivity contribution in [3.8, 4) is 5.75 Å². The predicted octanol–water partition coefficient (Wildman–Crippen LogP) is 2.88. The first-order valence-electron chi connectivity index (χ1n) is 6.52. The maximum absolute atomic E-state index is 12.0. The monoisotopic (exact) mass is 289 g/mol. The summed E-state index contributed by atoms with van der Waals surface area (Å²) in [6.45, 7) is 0. The van der Waals surface area contributed by atoms with Crippen LogP contribution in [-0.4, -0.2) is 25.6 Å². The molecule has 0 saturated heterocycles. The molecule has 1 aliphatic carbocycles. The molecule has 1 aliphatic rings. The highest BCUT2D eigenvalue weighted by molar-refractivity contribution is 5.28. The first-order valence-corrected chi connectivity index (χ1v) is 6.52. The number of nitrogens with two attached hydrogens (primary N) is 1. The number of methoxy groups -OCH3 is 1. The van der Waals surface area contributed by atoms with E-state index in [-0.39, 0.29) is 17.9 Å². The SMILES string of the molecule is COC(C(N)Cc1ccc(OC(F)(F)F)cc1)C1CC1. The number of benzene rings is 1. The summed E-state index contributed by atoms with van der Waals surface area (Å²) in [6, 6.07) is 5.64. The molecule has 0 amide bonds. The maximum atomic E-state index is 12.0. The van der Waals surface area contributed by atoms with Crippen molar-refractivity contribution in [1.29, 1.82) is 0 Å². The Labute approximate surface area is 115 Å². The quantitative estimate of drug-likeness (QED) is 0.875. The van der Waals surface area contributed by atoms with E-state index in [1.165, 1.54) is 12.1 Å². The lowest BCUT2D eigenvalue weighted by Gasteiger charge is -2.22. The van der Waals surface area contributed by atoms with Gasteiger partial charge in [0.25, 0.3) is 0 Å². The lowest BCUT2D eigenvalue weighted by atomic mass is 9.99. The van der Waals surface area contributed by atoms with E-state index in [1.807, 2.05) is 0 Å². The predicted molar refractivity (Wildman–Crippen MR) is 68.3 cm³/mol. The van der Waals surface area contributed by atoms with Crippen molar-refractivity contribution < 1.29 is 22.6 Å². The molecular weight excluding hydrogens is 271 g/mol. The van der Waals surface area contributed by atoms with Crippen LogP contribution in [0.5, 0.6) is 5.75 Å². The summed E-state index contributed by atoms with van der Waals surface area (Å²) in [4.78, 5) is 0. The standard InChI is InChI=1S/C14H18F3NO2/c1-19-13(10-4-5-10)12(18)8-9-2-6-11(7-3-9)20-14(15,16)17/h2-3,6-7,10,12-13H,4-5,8,18H2,1H3. The van der Waals surface area contributed by atoms with Gasteiger partial charge in [0.15, 0.2) is 0 Å². The van der Waals surface area contributed by atoms with Crippen molar-refractivity contribution in [2.24, 2.45) is 11.7 Å². The molecule has 2 atom stereocenters. The summed E-state index contributed by atoms with van der Waals surface area (Å²) < 4.78 is 45.3. The average molecular weight is 289 g/mol. The zero-order chi connectivity index (χ0) is 14.8. The number of ether oxygens (including phenoxy) is 2. The van der Waals surface area contributed by atoms with E-state index in [0.29, 0.717) is 12.3 Å². The summed E-state index contributed by atoms with van der Waals surface area (Å²) in [6.07, 6.45) is -1.82. The van der Waals surface area contributed by atoms with Gasteiger partial charge in [-0.2, -0.15) is 0 Å². The Kier molecular flexibility index (Phi) is 4.55. The molecule has 0 heterocycles. The summed E-state index contributed by atoms with van der Waals surface area (Å²) >= 11 is 0. The third-order valence-electron chi connectivity index (χ3n) is 3.41. The van der Waals surface area contributed by atoms with Crippen LogP contribution in [-0.2, 0) is 11.2 Å². The third kappa shape index (κ3) is 4.38. The second-order valence-electron chi connectivity index (χ2n) is 5.10. The Morgan fingerprint density at radius 2 is 1.85 bits per heavy atom. The van der Waals surface area contributed by atoms with Crippen LogP contribution in [0.4, 0.5) is 13.2 Å².